The maximum atomic E-state index is 11.2. The highest BCUT2D eigenvalue weighted by atomic mass is 16.5. The van der Waals surface area contributed by atoms with Crippen LogP contribution in [0.5, 0.6) is 0 Å². The summed E-state index contributed by atoms with van der Waals surface area (Å²) in [6.07, 6.45) is 2.65. The average molecular weight is 183 g/mol. The van der Waals surface area contributed by atoms with E-state index in [2.05, 4.69) is 6.58 Å². The highest BCUT2D eigenvalue weighted by Crippen LogP contribution is 2.18. The molecule has 13 heavy (non-hydrogen) atoms. The fraction of sp³-hybridized carbons (Fsp3) is 0.700. The first-order valence-corrected chi connectivity index (χ1v) is 4.69. The van der Waals surface area contributed by atoms with E-state index in [1.165, 1.54) is 6.08 Å². The number of hydrogen-bond acceptors (Lipinski definition) is 2. The lowest BCUT2D eigenvalue weighted by Crippen LogP contribution is -2.53. The third kappa shape index (κ3) is 2.56. The van der Waals surface area contributed by atoms with Crippen LogP contribution in [0.1, 0.15) is 20.3 Å². The minimum Gasteiger partial charge on any atom is -0.377 e. The van der Waals surface area contributed by atoms with Crippen LogP contribution in [0.15, 0.2) is 12.7 Å². The number of amides is 1. The number of carbonyl (C=O) groups is 1. The van der Waals surface area contributed by atoms with Gasteiger partial charge in [0, 0.05) is 6.54 Å². The summed E-state index contributed by atoms with van der Waals surface area (Å²) in [5, 5.41) is 0. The molecule has 0 radical (unpaired) electrons. The van der Waals surface area contributed by atoms with Gasteiger partial charge in [-0.1, -0.05) is 6.58 Å². The first-order valence-electron chi connectivity index (χ1n) is 4.69. The summed E-state index contributed by atoms with van der Waals surface area (Å²) < 4.78 is 5.44. The van der Waals surface area contributed by atoms with Gasteiger partial charge in [0.25, 0.3) is 0 Å². The smallest absolute Gasteiger partial charge is 0.246 e. The quantitative estimate of drug-likeness (QED) is 0.613. The molecule has 0 aromatic rings. The summed E-state index contributed by atoms with van der Waals surface area (Å²) in [5.74, 6) is 0.0172. The topological polar surface area (TPSA) is 29.5 Å². The molecular weight excluding hydrogens is 166 g/mol. The van der Waals surface area contributed by atoms with Gasteiger partial charge >= 0.3 is 0 Å². The Balaban J connectivity index is 2.28. The molecule has 1 fully saturated rings. The summed E-state index contributed by atoms with van der Waals surface area (Å²) in [6.45, 7) is 8.95. The maximum Gasteiger partial charge on any atom is 0.246 e. The second kappa shape index (κ2) is 4.42. The lowest BCUT2D eigenvalue weighted by Gasteiger charge is -2.40. The summed E-state index contributed by atoms with van der Waals surface area (Å²) in [7, 11) is 0. The van der Waals surface area contributed by atoms with Crippen LogP contribution in [-0.2, 0) is 9.53 Å². The van der Waals surface area contributed by atoms with Crippen molar-refractivity contribution in [1.29, 1.82) is 0 Å². The number of carbonyl (C=O) groups excluding carboxylic acids is 1. The van der Waals surface area contributed by atoms with Gasteiger partial charge in [-0.2, -0.15) is 0 Å². The molecule has 0 saturated carbocycles. The predicted octanol–water partition coefficient (Wildman–Crippen LogP) is 1.20. The zero-order valence-electron chi connectivity index (χ0n) is 8.32. The van der Waals surface area contributed by atoms with Crippen molar-refractivity contribution >= 4 is 5.91 Å². The Morgan fingerprint density at radius 1 is 1.77 bits per heavy atom. The largest absolute Gasteiger partial charge is 0.377 e. The SMILES string of the molecule is C=CC(=O)N1CCC1COC(C)C. The molecule has 0 N–H and O–H groups in total. The van der Waals surface area contributed by atoms with E-state index in [0.717, 1.165) is 13.0 Å². The maximum absolute atomic E-state index is 11.2. The Kier molecular flexibility index (Phi) is 3.48. The number of ether oxygens (including phenoxy) is 1. The second-order valence-electron chi connectivity index (χ2n) is 3.56. The van der Waals surface area contributed by atoms with Crippen molar-refractivity contribution in [2.45, 2.75) is 32.4 Å². The van der Waals surface area contributed by atoms with Gasteiger partial charge in [-0.15, -0.1) is 0 Å². The van der Waals surface area contributed by atoms with Crippen molar-refractivity contribution < 1.29 is 9.53 Å². The Hall–Kier alpha value is -0.830. The first-order chi connectivity index (χ1) is 6.15. The van der Waals surface area contributed by atoms with E-state index in [-0.39, 0.29) is 18.1 Å². The summed E-state index contributed by atoms with van der Waals surface area (Å²) in [5.41, 5.74) is 0. The monoisotopic (exact) mass is 183 g/mol. The molecule has 1 rings (SSSR count). The number of likely N-dealkylation sites (tertiary alicyclic amines) is 1. The van der Waals surface area contributed by atoms with Crippen molar-refractivity contribution in [3.63, 3.8) is 0 Å². The van der Waals surface area contributed by atoms with Crippen molar-refractivity contribution in [2.75, 3.05) is 13.2 Å². The van der Waals surface area contributed by atoms with E-state index in [0.29, 0.717) is 6.61 Å². The molecule has 1 aliphatic rings. The van der Waals surface area contributed by atoms with Crippen molar-refractivity contribution in [1.82, 2.24) is 4.90 Å². The number of nitrogens with zero attached hydrogens (tertiary/aromatic N) is 1. The molecule has 1 atom stereocenters. The highest BCUT2D eigenvalue weighted by molar-refractivity contribution is 5.87. The summed E-state index contributed by atoms with van der Waals surface area (Å²) in [4.78, 5) is 13.0. The van der Waals surface area contributed by atoms with Crippen molar-refractivity contribution in [3.05, 3.63) is 12.7 Å². The minimum absolute atomic E-state index is 0.0172. The van der Waals surface area contributed by atoms with E-state index < -0.39 is 0 Å². The third-order valence-electron chi connectivity index (χ3n) is 2.22. The van der Waals surface area contributed by atoms with Gasteiger partial charge in [-0.3, -0.25) is 4.79 Å². The molecule has 0 spiro atoms. The van der Waals surface area contributed by atoms with E-state index in [9.17, 15) is 4.79 Å². The molecule has 1 amide bonds. The van der Waals surface area contributed by atoms with Crippen LogP contribution in [0.25, 0.3) is 0 Å². The molecule has 3 heteroatoms. The number of rotatable bonds is 4. The lowest BCUT2D eigenvalue weighted by atomic mass is 10.0. The predicted molar refractivity (Wildman–Crippen MR) is 51.4 cm³/mol. The molecule has 0 bridgehead atoms. The first kappa shape index (κ1) is 10.3. The molecule has 1 unspecified atom stereocenters. The van der Waals surface area contributed by atoms with Gasteiger partial charge in [0.1, 0.15) is 0 Å². The third-order valence-corrected chi connectivity index (χ3v) is 2.22. The highest BCUT2D eigenvalue weighted by Gasteiger charge is 2.30. The van der Waals surface area contributed by atoms with Crippen LogP contribution < -0.4 is 0 Å². The Bertz CT molecular complexity index is 201. The van der Waals surface area contributed by atoms with Gasteiger partial charge in [0.2, 0.25) is 5.91 Å². The van der Waals surface area contributed by atoms with E-state index in [4.69, 9.17) is 4.74 Å². The van der Waals surface area contributed by atoms with Gasteiger partial charge in [0.05, 0.1) is 18.8 Å². The standard InChI is InChI=1S/C10H17NO2/c1-4-10(12)11-6-5-9(11)7-13-8(2)3/h4,8-9H,1,5-7H2,2-3H3. The Morgan fingerprint density at radius 3 is 2.85 bits per heavy atom. The minimum atomic E-state index is 0.0172. The van der Waals surface area contributed by atoms with E-state index >= 15 is 0 Å². The molecule has 0 aromatic heterocycles. The summed E-state index contributed by atoms with van der Waals surface area (Å²) >= 11 is 0. The van der Waals surface area contributed by atoms with Gasteiger partial charge in [0.15, 0.2) is 0 Å². The van der Waals surface area contributed by atoms with Crippen LogP contribution in [0.3, 0.4) is 0 Å². The molecule has 0 aliphatic carbocycles. The molecular formula is C10H17NO2. The molecule has 1 heterocycles. The van der Waals surface area contributed by atoms with Crippen LogP contribution in [0, 0.1) is 0 Å². The Morgan fingerprint density at radius 2 is 2.46 bits per heavy atom. The second-order valence-corrected chi connectivity index (χ2v) is 3.56. The van der Waals surface area contributed by atoms with Crippen LogP contribution >= 0.6 is 0 Å². The van der Waals surface area contributed by atoms with Crippen molar-refractivity contribution in [2.24, 2.45) is 0 Å². The molecule has 3 nitrogen and oxygen atoms in total. The van der Waals surface area contributed by atoms with Gasteiger partial charge < -0.3 is 9.64 Å². The van der Waals surface area contributed by atoms with Crippen molar-refractivity contribution in [3.8, 4) is 0 Å². The molecule has 1 saturated heterocycles. The van der Waals surface area contributed by atoms with Crippen LogP contribution in [0.2, 0.25) is 0 Å². The van der Waals surface area contributed by atoms with Gasteiger partial charge in [-0.05, 0) is 26.3 Å². The van der Waals surface area contributed by atoms with E-state index in [1.54, 1.807) is 4.90 Å². The fourth-order valence-corrected chi connectivity index (χ4v) is 1.32. The number of hydrogen-bond donors (Lipinski definition) is 0. The Labute approximate surface area is 79.4 Å². The fourth-order valence-electron chi connectivity index (χ4n) is 1.32. The van der Waals surface area contributed by atoms with E-state index in [1.807, 2.05) is 13.8 Å². The molecule has 74 valence electrons. The zero-order chi connectivity index (χ0) is 9.84. The molecule has 0 aromatic carbocycles. The van der Waals surface area contributed by atoms with Crippen LogP contribution in [-0.4, -0.2) is 36.1 Å². The normalized spacial score (nSPS) is 21.5. The average Bonchev–Trinajstić information content (AvgIpc) is 2.01. The zero-order valence-corrected chi connectivity index (χ0v) is 8.32. The van der Waals surface area contributed by atoms with Gasteiger partial charge in [-0.25, -0.2) is 0 Å². The van der Waals surface area contributed by atoms with Crippen LogP contribution in [0.4, 0.5) is 0 Å². The summed E-state index contributed by atoms with van der Waals surface area (Å²) in [6, 6.07) is 0.271. The molecule has 1 aliphatic heterocycles. The lowest BCUT2D eigenvalue weighted by molar-refractivity contribution is -0.136.